The van der Waals surface area contributed by atoms with Crippen molar-refractivity contribution in [1.82, 2.24) is 10.6 Å². The molecule has 0 spiro atoms. The van der Waals surface area contributed by atoms with E-state index in [1.807, 2.05) is 30.3 Å². The van der Waals surface area contributed by atoms with Crippen LogP contribution in [-0.4, -0.2) is 11.2 Å². The van der Waals surface area contributed by atoms with Gasteiger partial charge in [0.15, 0.2) is 5.11 Å². The second-order valence-corrected chi connectivity index (χ2v) is 6.22. The van der Waals surface area contributed by atoms with Gasteiger partial charge in [-0.1, -0.05) is 49.6 Å². The minimum absolute atomic E-state index is 0.0557. The van der Waals surface area contributed by atoms with Crippen LogP contribution in [0.1, 0.15) is 49.5 Å². The maximum Gasteiger partial charge on any atom is 0.167 e. The van der Waals surface area contributed by atoms with Crippen LogP contribution in [-0.2, 0) is 0 Å². The molecule has 1 fully saturated rings. The summed E-state index contributed by atoms with van der Waals surface area (Å²) in [6.45, 7) is 0. The molecule has 1 aromatic heterocycles. The zero-order valence-electron chi connectivity index (χ0n) is 12.6. The van der Waals surface area contributed by atoms with Crippen molar-refractivity contribution in [1.29, 1.82) is 0 Å². The first-order chi connectivity index (χ1) is 10.8. The molecule has 1 aliphatic rings. The summed E-state index contributed by atoms with van der Waals surface area (Å²) in [5.41, 5.74) is 1.14. The fraction of sp³-hybridized carbons (Fsp3) is 0.389. The molecule has 1 saturated carbocycles. The highest BCUT2D eigenvalue weighted by Gasteiger charge is 2.20. The van der Waals surface area contributed by atoms with E-state index in [0.29, 0.717) is 11.2 Å². The summed E-state index contributed by atoms with van der Waals surface area (Å²) in [6, 6.07) is 14.6. The summed E-state index contributed by atoms with van der Waals surface area (Å²) >= 11 is 5.52. The second kappa shape index (κ2) is 7.45. The van der Waals surface area contributed by atoms with Crippen LogP contribution in [0, 0.1) is 0 Å². The number of rotatable bonds is 4. The third-order valence-corrected chi connectivity index (χ3v) is 4.41. The maximum absolute atomic E-state index is 5.59. The second-order valence-electron chi connectivity index (χ2n) is 5.81. The average molecular weight is 314 g/mol. The van der Waals surface area contributed by atoms with E-state index < -0.39 is 0 Å². The van der Waals surface area contributed by atoms with E-state index in [-0.39, 0.29) is 6.04 Å². The van der Waals surface area contributed by atoms with Gasteiger partial charge in [-0.25, -0.2) is 0 Å². The Hall–Kier alpha value is -1.81. The van der Waals surface area contributed by atoms with E-state index in [0.717, 1.165) is 11.3 Å². The van der Waals surface area contributed by atoms with Crippen LogP contribution in [0.15, 0.2) is 53.1 Å². The first-order valence-electron chi connectivity index (χ1n) is 7.98. The van der Waals surface area contributed by atoms with Crippen LogP contribution in [0.4, 0.5) is 0 Å². The van der Waals surface area contributed by atoms with Crippen molar-refractivity contribution in [2.75, 3.05) is 0 Å². The van der Waals surface area contributed by atoms with E-state index in [4.69, 9.17) is 16.6 Å². The molecule has 0 amide bonds. The maximum atomic E-state index is 5.59. The lowest BCUT2D eigenvalue weighted by atomic mass is 9.96. The number of thiocarbonyl (C=S) groups is 1. The lowest BCUT2D eigenvalue weighted by Crippen LogP contribution is -2.44. The van der Waals surface area contributed by atoms with Gasteiger partial charge in [-0.3, -0.25) is 0 Å². The minimum Gasteiger partial charge on any atom is -0.467 e. The fourth-order valence-electron chi connectivity index (χ4n) is 3.02. The Balaban J connectivity index is 1.69. The number of nitrogens with one attached hydrogen (secondary N) is 2. The number of benzene rings is 1. The Labute approximate surface area is 137 Å². The van der Waals surface area contributed by atoms with Crippen molar-refractivity contribution in [2.24, 2.45) is 0 Å². The summed E-state index contributed by atoms with van der Waals surface area (Å²) in [7, 11) is 0. The highest BCUT2D eigenvalue weighted by atomic mass is 32.1. The minimum atomic E-state index is -0.0557. The van der Waals surface area contributed by atoms with Crippen LogP contribution in [0.25, 0.3) is 0 Å². The molecule has 3 nitrogen and oxygen atoms in total. The Morgan fingerprint density at radius 1 is 1.05 bits per heavy atom. The lowest BCUT2D eigenvalue weighted by Gasteiger charge is -2.26. The number of hydrogen-bond acceptors (Lipinski definition) is 2. The van der Waals surface area contributed by atoms with Gasteiger partial charge in [0, 0.05) is 6.04 Å². The van der Waals surface area contributed by atoms with E-state index in [1.165, 1.54) is 32.1 Å². The van der Waals surface area contributed by atoms with E-state index in [1.54, 1.807) is 6.26 Å². The van der Waals surface area contributed by atoms with Crippen molar-refractivity contribution < 1.29 is 4.42 Å². The van der Waals surface area contributed by atoms with Crippen molar-refractivity contribution in [3.63, 3.8) is 0 Å². The van der Waals surface area contributed by atoms with Gasteiger partial charge in [0.25, 0.3) is 0 Å². The molecule has 0 bridgehead atoms. The normalized spacial score (nSPS) is 16.9. The Kier molecular flexibility index (Phi) is 5.11. The van der Waals surface area contributed by atoms with Gasteiger partial charge in [0.1, 0.15) is 11.8 Å². The summed E-state index contributed by atoms with van der Waals surface area (Å²) in [6.07, 6.45) is 8.04. The summed E-state index contributed by atoms with van der Waals surface area (Å²) < 4.78 is 5.59. The molecule has 1 aromatic carbocycles. The van der Waals surface area contributed by atoms with Gasteiger partial charge in [-0.05, 0) is 42.8 Å². The molecule has 0 radical (unpaired) electrons. The fourth-order valence-corrected chi connectivity index (χ4v) is 3.31. The molecule has 1 heterocycles. The zero-order valence-corrected chi connectivity index (χ0v) is 13.4. The van der Waals surface area contributed by atoms with Crippen molar-refractivity contribution in [2.45, 2.75) is 44.2 Å². The molecule has 22 heavy (non-hydrogen) atoms. The smallest absolute Gasteiger partial charge is 0.167 e. The standard InChI is InChI=1S/C18H22N2OS/c22-18(19-15-10-5-2-6-11-15)20-17(16-12-7-13-21-16)14-8-3-1-4-9-14/h1,3-4,7-9,12-13,15,17H,2,5-6,10-11H2,(H2,19,20,22)/t17-/m0/s1. The predicted molar refractivity (Wildman–Crippen MR) is 92.7 cm³/mol. The topological polar surface area (TPSA) is 37.2 Å². The predicted octanol–water partition coefficient (Wildman–Crippen LogP) is 4.17. The summed E-state index contributed by atoms with van der Waals surface area (Å²) in [5.74, 6) is 0.874. The third kappa shape index (κ3) is 3.89. The van der Waals surface area contributed by atoms with Crippen LogP contribution >= 0.6 is 12.2 Å². The molecule has 116 valence electrons. The SMILES string of the molecule is S=C(NC1CCCCC1)N[C@@H](c1ccccc1)c1ccco1. The molecule has 3 rings (SSSR count). The van der Waals surface area contributed by atoms with E-state index >= 15 is 0 Å². The van der Waals surface area contributed by atoms with Crippen molar-refractivity contribution >= 4 is 17.3 Å². The van der Waals surface area contributed by atoms with E-state index in [2.05, 4.69) is 22.8 Å². The Bertz CT molecular complexity index is 576. The van der Waals surface area contributed by atoms with Crippen LogP contribution in [0.2, 0.25) is 0 Å². The van der Waals surface area contributed by atoms with Crippen LogP contribution < -0.4 is 10.6 Å². The first kappa shape index (κ1) is 15.1. The Morgan fingerprint density at radius 2 is 1.82 bits per heavy atom. The number of hydrogen-bond donors (Lipinski definition) is 2. The van der Waals surface area contributed by atoms with Crippen molar-refractivity contribution in [3.05, 3.63) is 60.1 Å². The summed E-state index contributed by atoms with van der Waals surface area (Å²) in [4.78, 5) is 0. The highest BCUT2D eigenvalue weighted by molar-refractivity contribution is 7.80. The van der Waals surface area contributed by atoms with Gasteiger partial charge in [0.05, 0.1) is 6.26 Å². The molecule has 0 saturated heterocycles. The molecule has 0 aliphatic heterocycles. The molecule has 1 aliphatic carbocycles. The third-order valence-electron chi connectivity index (χ3n) is 4.18. The number of furan rings is 1. The monoisotopic (exact) mass is 314 g/mol. The first-order valence-corrected chi connectivity index (χ1v) is 8.39. The van der Waals surface area contributed by atoms with Gasteiger partial charge in [-0.2, -0.15) is 0 Å². The van der Waals surface area contributed by atoms with E-state index in [9.17, 15) is 0 Å². The quantitative estimate of drug-likeness (QED) is 0.831. The van der Waals surface area contributed by atoms with Gasteiger partial charge < -0.3 is 15.1 Å². The molecule has 0 unspecified atom stereocenters. The molecular weight excluding hydrogens is 292 g/mol. The van der Waals surface area contributed by atoms with Crippen LogP contribution in [0.3, 0.4) is 0 Å². The Morgan fingerprint density at radius 3 is 2.50 bits per heavy atom. The largest absolute Gasteiger partial charge is 0.467 e. The molecule has 2 N–H and O–H groups in total. The van der Waals surface area contributed by atoms with Crippen LogP contribution in [0.5, 0.6) is 0 Å². The van der Waals surface area contributed by atoms with Gasteiger partial charge in [-0.15, -0.1) is 0 Å². The van der Waals surface area contributed by atoms with Crippen molar-refractivity contribution in [3.8, 4) is 0 Å². The zero-order chi connectivity index (χ0) is 15.2. The van der Waals surface area contributed by atoms with Gasteiger partial charge >= 0.3 is 0 Å². The molecule has 4 heteroatoms. The van der Waals surface area contributed by atoms with Gasteiger partial charge in [0.2, 0.25) is 0 Å². The lowest BCUT2D eigenvalue weighted by molar-refractivity contribution is 0.409. The highest BCUT2D eigenvalue weighted by Crippen LogP contribution is 2.23. The molecular formula is C18H22N2OS. The average Bonchev–Trinajstić information content (AvgIpc) is 3.08. The summed E-state index contributed by atoms with van der Waals surface area (Å²) in [5, 5.41) is 7.57. The molecule has 1 atom stereocenters. The molecule has 2 aromatic rings.